The van der Waals surface area contributed by atoms with Crippen LogP contribution in [0, 0.1) is 0 Å². The van der Waals surface area contributed by atoms with Gasteiger partial charge in [-0.15, -0.1) is 10.2 Å². The van der Waals surface area contributed by atoms with Crippen molar-refractivity contribution in [2.24, 2.45) is 0 Å². The molecule has 0 fully saturated rings. The zero-order valence-electron chi connectivity index (χ0n) is 13.9. The van der Waals surface area contributed by atoms with Gasteiger partial charge in [-0.3, -0.25) is 4.79 Å². The number of carbonyl (C=O) groups excluding carboxylic acids is 1. The molecule has 8 nitrogen and oxygen atoms in total. The van der Waals surface area contributed by atoms with Gasteiger partial charge in [0.15, 0.2) is 11.5 Å². The van der Waals surface area contributed by atoms with Crippen molar-refractivity contribution in [3.8, 4) is 23.0 Å². The molecule has 0 atom stereocenters. The van der Waals surface area contributed by atoms with Crippen LogP contribution < -0.4 is 14.8 Å². The molecule has 0 bridgehead atoms. The summed E-state index contributed by atoms with van der Waals surface area (Å²) in [7, 11) is 3.11. The normalized spacial score (nSPS) is 10.7. The average Bonchev–Trinajstić information content (AvgIpc) is 3.10. The topological polar surface area (TPSA) is 98.0 Å². The zero-order chi connectivity index (χ0) is 17.8. The van der Waals surface area contributed by atoms with Gasteiger partial charge >= 0.3 is 0 Å². The van der Waals surface area contributed by atoms with Crippen molar-refractivity contribution in [2.45, 2.75) is 0 Å². The Labute approximate surface area is 144 Å². The quantitative estimate of drug-likeness (QED) is 0.697. The van der Waals surface area contributed by atoms with E-state index in [2.05, 4.69) is 15.5 Å². The second kappa shape index (κ2) is 7.18. The monoisotopic (exact) mass is 342 g/mol. The maximum atomic E-state index is 12.3. The van der Waals surface area contributed by atoms with E-state index in [1.165, 1.54) is 7.11 Å². The minimum absolute atomic E-state index is 0.142. The average molecular weight is 342 g/mol. The summed E-state index contributed by atoms with van der Waals surface area (Å²) in [6.45, 7) is 0.0157. The molecule has 0 saturated heterocycles. The smallest absolute Gasteiger partial charge is 0.255 e. The lowest BCUT2D eigenvalue weighted by Crippen LogP contribution is -2.27. The molecule has 0 aliphatic carbocycles. The summed E-state index contributed by atoms with van der Waals surface area (Å²) in [6.07, 6.45) is 0. The van der Waals surface area contributed by atoms with Crippen LogP contribution in [0.25, 0.3) is 17.0 Å². The molecule has 2 aromatic heterocycles. The van der Waals surface area contributed by atoms with Gasteiger partial charge in [0.1, 0.15) is 5.75 Å². The fraction of sp³-hybridized carbons (Fsp3) is 0.235. The van der Waals surface area contributed by atoms with E-state index in [-0.39, 0.29) is 19.1 Å². The highest BCUT2D eigenvalue weighted by molar-refractivity contribution is 6.00. The third-order valence-corrected chi connectivity index (χ3v) is 3.72. The van der Waals surface area contributed by atoms with Crippen LogP contribution >= 0.6 is 0 Å². The van der Waals surface area contributed by atoms with Gasteiger partial charge in [-0.2, -0.15) is 0 Å². The number of amides is 1. The van der Waals surface area contributed by atoms with Gasteiger partial charge in [-0.1, -0.05) is 12.1 Å². The molecule has 0 radical (unpaired) electrons. The molecule has 0 aliphatic heterocycles. The number of ether oxygens (including phenoxy) is 2. The lowest BCUT2D eigenvalue weighted by Gasteiger charge is -2.11. The molecule has 2 heterocycles. The molecular formula is C17H18N4O4. The predicted octanol–water partition coefficient (Wildman–Crippen LogP) is 1.14. The number of nitrogens with zero attached hydrogens (tertiary/aromatic N) is 3. The third-order valence-electron chi connectivity index (χ3n) is 3.72. The molecule has 25 heavy (non-hydrogen) atoms. The Morgan fingerprint density at radius 1 is 1.16 bits per heavy atom. The minimum Gasteiger partial charge on any atom is -0.496 e. The molecule has 3 aromatic rings. The fourth-order valence-corrected chi connectivity index (χ4v) is 2.58. The highest BCUT2D eigenvalue weighted by atomic mass is 16.5. The molecule has 1 aromatic carbocycles. The summed E-state index contributed by atoms with van der Waals surface area (Å²) in [4.78, 5) is 12.3. The largest absolute Gasteiger partial charge is 0.496 e. The van der Waals surface area contributed by atoms with Crippen LogP contribution in [-0.2, 0) is 0 Å². The lowest BCUT2D eigenvalue weighted by atomic mass is 10.2. The second-order valence-electron chi connectivity index (χ2n) is 5.15. The van der Waals surface area contributed by atoms with Gasteiger partial charge in [0.05, 0.1) is 32.0 Å². The molecule has 1 amide bonds. The maximum absolute atomic E-state index is 12.3. The van der Waals surface area contributed by atoms with E-state index in [9.17, 15) is 4.79 Å². The van der Waals surface area contributed by atoms with Crippen LogP contribution in [0.15, 0.2) is 36.4 Å². The van der Waals surface area contributed by atoms with Crippen LogP contribution in [-0.4, -0.2) is 53.0 Å². The van der Waals surface area contributed by atoms with E-state index >= 15 is 0 Å². The first-order valence-electron chi connectivity index (χ1n) is 7.65. The molecule has 8 heteroatoms. The number of rotatable bonds is 6. The first-order chi connectivity index (χ1) is 12.2. The first kappa shape index (κ1) is 16.7. The highest BCUT2D eigenvalue weighted by Crippen LogP contribution is 2.31. The van der Waals surface area contributed by atoms with Gasteiger partial charge < -0.3 is 19.9 Å². The van der Waals surface area contributed by atoms with E-state index in [4.69, 9.17) is 14.6 Å². The fourth-order valence-electron chi connectivity index (χ4n) is 2.58. The SMILES string of the molecule is COc1ccccc1-c1nnc2c(C(=O)NCCO)ccc(OC)n12. The third kappa shape index (κ3) is 2.99. The van der Waals surface area contributed by atoms with Crippen molar-refractivity contribution in [1.82, 2.24) is 19.9 Å². The van der Waals surface area contributed by atoms with Gasteiger partial charge in [-0.25, -0.2) is 4.40 Å². The summed E-state index contributed by atoms with van der Waals surface area (Å²) in [5.41, 5.74) is 1.42. The molecule has 2 N–H and O–H groups in total. The lowest BCUT2D eigenvalue weighted by molar-refractivity contribution is 0.0946. The van der Waals surface area contributed by atoms with Crippen LogP contribution in [0.5, 0.6) is 11.6 Å². The minimum atomic E-state index is -0.347. The maximum Gasteiger partial charge on any atom is 0.255 e. The van der Waals surface area contributed by atoms with Crippen LogP contribution in [0.1, 0.15) is 10.4 Å². The number of aliphatic hydroxyl groups is 1. The number of carbonyl (C=O) groups is 1. The molecule has 0 spiro atoms. The van der Waals surface area contributed by atoms with E-state index in [0.717, 1.165) is 5.56 Å². The Bertz CT molecular complexity index is 907. The summed E-state index contributed by atoms with van der Waals surface area (Å²) >= 11 is 0. The van der Waals surface area contributed by atoms with E-state index in [0.29, 0.717) is 28.7 Å². The number of aromatic nitrogens is 3. The van der Waals surface area contributed by atoms with Crippen LogP contribution in [0.2, 0.25) is 0 Å². The number of pyridine rings is 1. The van der Waals surface area contributed by atoms with Crippen molar-refractivity contribution < 1.29 is 19.4 Å². The number of fused-ring (bicyclic) bond motifs is 1. The zero-order valence-corrected chi connectivity index (χ0v) is 13.9. The molecule has 0 aliphatic rings. The van der Waals surface area contributed by atoms with Crippen LogP contribution in [0.3, 0.4) is 0 Å². The molecular weight excluding hydrogens is 324 g/mol. The van der Waals surface area contributed by atoms with Gasteiger partial charge in [-0.05, 0) is 24.3 Å². The Balaban J connectivity index is 2.20. The van der Waals surface area contributed by atoms with E-state index in [1.54, 1.807) is 23.6 Å². The van der Waals surface area contributed by atoms with Crippen molar-refractivity contribution in [3.05, 3.63) is 42.0 Å². The van der Waals surface area contributed by atoms with Crippen molar-refractivity contribution in [3.63, 3.8) is 0 Å². The van der Waals surface area contributed by atoms with Crippen molar-refractivity contribution in [1.29, 1.82) is 0 Å². The molecule has 0 saturated carbocycles. The number of para-hydroxylation sites is 1. The molecule has 3 rings (SSSR count). The number of nitrogens with one attached hydrogen (secondary N) is 1. The van der Waals surface area contributed by atoms with Gasteiger partial charge in [0.25, 0.3) is 5.91 Å². The number of hydrogen-bond acceptors (Lipinski definition) is 6. The number of benzene rings is 1. The van der Waals surface area contributed by atoms with Crippen molar-refractivity contribution in [2.75, 3.05) is 27.4 Å². The summed E-state index contributed by atoms with van der Waals surface area (Å²) in [5.74, 6) is 1.27. The Kier molecular flexibility index (Phi) is 4.80. The highest BCUT2D eigenvalue weighted by Gasteiger charge is 2.20. The summed E-state index contributed by atoms with van der Waals surface area (Å²) in [5, 5.41) is 19.9. The molecule has 130 valence electrons. The number of hydrogen-bond donors (Lipinski definition) is 2. The summed E-state index contributed by atoms with van der Waals surface area (Å²) < 4.78 is 12.5. The first-order valence-corrected chi connectivity index (χ1v) is 7.65. The second-order valence-corrected chi connectivity index (χ2v) is 5.15. The van der Waals surface area contributed by atoms with Gasteiger partial charge in [0.2, 0.25) is 5.88 Å². The van der Waals surface area contributed by atoms with Crippen LogP contribution in [0.4, 0.5) is 0 Å². The Hall–Kier alpha value is -3.13. The number of aliphatic hydroxyl groups excluding tert-OH is 1. The standard InChI is InChI=1S/C17H18N4O4/c1-24-13-6-4-3-5-11(13)15-19-20-16-12(17(23)18-9-10-22)7-8-14(25-2)21(15)16/h3-8,22H,9-10H2,1-2H3,(H,18,23). The predicted molar refractivity (Wildman–Crippen MR) is 90.9 cm³/mol. The Morgan fingerprint density at radius 3 is 2.68 bits per heavy atom. The van der Waals surface area contributed by atoms with E-state index in [1.807, 2.05) is 24.3 Å². The Morgan fingerprint density at radius 2 is 1.96 bits per heavy atom. The summed E-state index contributed by atoms with van der Waals surface area (Å²) in [6, 6.07) is 10.7. The van der Waals surface area contributed by atoms with Crippen molar-refractivity contribution >= 4 is 11.6 Å². The van der Waals surface area contributed by atoms with Gasteiger partial charge in [0, 0.05) is 6.54 Å². The number of methoxy groups -OCH3 is 2. The molecule has 0 unspecified atom stereocenters. The van der Waals surface area contributed by atoms with E-state index < -0.39 is 0 Å².